The second-order valence-corrected chi connectivity index (χ2v) is 27.9. The van der Waals surface area contributed by atoms with E-state index >= 15 is 0 Å². The van der Waals surface area contributed by atoms with E-state index in [-0.39, 0.29) is 155 Å². The van der Waals surface area contributed by atoms with Crippen molar-refractivity contribution in [3.05, 3.63) is 0 Å². The molecule has 0 saturated heterocycles. The topological polar surface area (TPSA) is 185 Å². The third kappa shape index (κ3) is 19.1. The summed E-state index contributed by atoms with van der Waals surface area (Å²) < 4.78 is 50.1. The van der Waals surface area contributed by atoms with E-state index in [4.69, 9.17) is 42.6 Å². The van der Waals surface area contributed by atoms with Crippen LogP contribution < -0.4 is 0 Å². The quantitative estimate of drug-likeness (QED) is 0.0309. The van der Waals surface area contributed by atoms with Crippen molar-refractivity contribution in [2.75, 3.05) is 40.2 Å². The van der Waals surface area contributed by atoms with Crippen LogP contribution in [0.2, 0.25) is 0 Å². The van der Waals surface area contributed by atoms with Crippen LogP contribution in [0.1, 0.15) is 255 Å². The Labute approximate surface area is 523 Å². The normalized spacial score (nSPS) is 32.6. The van der Waals surface area contributed by atoms with Crippen molar-refractivity contribution in [3.63, 3.8) is 0 Å². The third-order valence-electron chi connectivity index (χ3n) is 22.1. The standard InChI is InChI=1S/C22H34O5.C22H36O5.C21H34O5.6CH4/c1-5-22(3,4)21(24)27-17-10-13-9-16(17)19-14-7-12(18(13)19)8-15(14)20(23)26-11-25-6-2;1-4-22(2,3)21(24)27-19-12-16-10-17(19)18(11-16)20(23)26-14-25-13-15-8-6-5-7-9-15;1-3-14(2)20(22)26-19-11-16-9-17(19)18(10-16)21(23)25-13-24-12-15-7-5-4-6-8-15;;;;;;/h12-19H,5-11H2,1-4H3;15-19H,4-14H2,1-3H3;14-19H,3-13H2,1-2H3;6*1H4. The Bertz CT molecular complexity index is 2060. The molecule has 0 amide bonds. The fourth-order valence-corrected chi connectivity index (χ4v) is 16.5. The molecule has 10 aliphatic carbocycles. The van der Waals surface area contributed by atoms with Gasteiger partial charge in [-0.15, -0.1) is 0 Å². The summed E-state index contributed by atoms with van der Waals surface area (Å²) >= 11 is 0. The molecule has 10 fully saturated rings. The van der Waals surface area contributed by atoms with Crippen LogP contribution in [0.5, 0.6) is 0 Å². The summed E-state index contributed by atoms with van der Waals surface area (Å²) in [7, 11) is 0. The Morgan fingerprint density at radius 2 is 0.826 bits per heavy atom. The average Bonchev–Trinajstić information content (AvgIpc) is 1.56. The molecule has 0 N–H and O–H groups in total. The Kier molecular flexibility index (Phi) is 32.9. The summed E-state index contributed by atoms with van der Waals surface area (Å²) in [5.74, 6) is 4.75. The molecule has 10 saturated carbocycles. The van der Waals surface area contributed by atoms with Crippen LogP contribution in [0.15, 0.2) is 0 Å². The molecule has 0 heterocycles. The van der Waals surface area contributed by atoms with Crippen LogP contribution in [-0.4, -0.2) is 94.3 Å². The Hall–Kier alpha value is -3.30. The molecule has 0 aromatic rings. The predicted molar refractivity (Wildman–Crippen MR) is 339 cm³/mol. The van der Waals surface area contributed by atoms with Gasteiger partial charge >= 0.3 is 35.8 Å². The molecule has 502 valence electrons. The van der Waals surface area contributed by atoms with Gasteiger partial charge in [0.1, 0.15) is 18.3 Å². The van der Waals surface area contributed by atoms with Gasteiger partial charge in [-0.3, -0.25) is 28.8 Å². The van der Waals surface area contributed by atoms with Crippen molar-refractivity contribution >= 4 is 35.8 Å². The van der Waals surface area contributed by atoms with Gasteiger partial charge in [-0.05, 0) is 203 Å². The van der Waals surface area contributed by atoms with Gasteiger partial charge in [0.2, 0.25) is 0 Å². The van der Waals surface area contributed by atoms with Gasteiger partial charge in [-0.1, -0.05) is 111 Å². The van der Waals surface area contributed by atoms with Crippen molar-refractivity contribution in [2.24, 2.45) is 106 Å². The number of esters is 6. The molecular weight excluding hydrogens is 1090 g/mol. The predicted octanol–water partition coefficient (Wildman–Crippen LogP) is 16.2. The number of ether oxygens (including phenoxy) is 9. The first-order chi connectivity index (χ1) is 38.4. The lowest BCUT2D eigenvalue weighted by molar-refractivity contribution is -0.173. The Morgan fingerprint density at radius 3 is 1.24 bits per heavy atom. The Balaban J connectivity index is 0.000000425. The van der Waals surface area contributed by atoms with E-state index in [2.05, 4.69) is 0 Å². The minimum absolute atomic E-state index is 0. The van der Waals surface area contributed by atoms with Gasteiger partial charge in [-0.2, -0.15) is 0 Å². The van der Waals surface area contributed by atoms with Gasteiger partial charge in [0.25, 0.3) is 0 Å². The van der Waals surface area contributed by atoms with Crippen molar-refractivity contribution in [1.29, 1.82) is 0 Å². The van der Waals surface area contributed by atoms with Gasteiger partial charge in [0.15, 0.2) is 20.4 Å². The zero-order valence-corrected chi connectivity index (χ0v) is 50.6. The largest absolute Gasteiger partial charge is 0.462 e. The van der Waals surface area contributed by atoms with Crippen LogP contribution in [0.3, 0.4) is 0 Å². The van der Waals surface area contributed by atoms with Crippen LogP contribution in [-0.2, 0) is 71.4 Å². The highest BCUT2D eigenvalue weighted by atomic mass is 16.7. The maximum Gasteiger partial charge on any atom is 0.311 e. The minimum Gasteiger partial charge on any atom is -0.462 e. The summed E-state index contributed by atoms with van der Waals surface area (Å²) in [6.07, 6.45) is 24.6. The maximum absolute atomic E-state index is 12.6. The fourth-order valence-electron chi connectivity index (χ4n) is 16.5. The highest BCUT2D eigenvalue weighted by Gasteiger charge is 2.67. The molecule has 15 nitrogen and oxygen atoms in total. The Morgan fingerprint density at radius 1 is 0.430 bits per heavy atom. The number of carbonyl (C=O) groups excluding carboxylic acids is 6. The lowest BCUT2D eigenvalue weighted by Crippen LogP contribution is -2.43. The second kappa shape index (κ2) is 35.9. The van der Waals surface area contributed by atoms with E-state index < -0.39 is 10.8 Å². The molecule has 10 rings (SSSR count). The highest BCUT2D eigenvalue weighted by molar-refractivity contribution is 5.78. The molecule has 15 heteroatoms. The zero-order chi connectivity index (χ0) is 57.3. The molecular formula is C71H128O15. The van der Waals surface area contributed by atoms with Gasteiger partial charge in [0.05, 0.1) is 47.7 Å². The number of carbonyl (C=O) groups is 6. The van der Waals surface area contributed by atoms with Crippen LogP contribution in [0.4, 0.5) is 0 Å². The van der Waals surface area contributed by atoms with Crippen molar-refractivity contribution in [1.82, 2.24) is 0 Å². The number of rotatable bonds is 23. The first kappa shape index (κ1) is 78.8. The summed E-state index contributed by atoms with van der Waals surface area (Å²) in [5.41, 5.74) is -0.883. The highest BCUT2D eigenvalue weighted by Crippen LogP contribution is 2.69. The fraction of sp³-hybridized carbons (Fsp3) is 0.915. The number of hydrogen-bond acceptors (Lipinski definition) is 15. The summed E-state index contributed by atoms with van der Waals surface area (Å²) in [5, 5.41) is 0. The lowest BCUT2D eigenvalue weighted by atomic mass is 9.66. The van der Waals surface area contributed by atoms with Crippen molar-refractivity contribution in [2.45, 2.75) is 273 Å². The second-order valence-electron chi connectivity index (χ2n) is 27.9. The van der Waals surface area contributed by atoms with E-state index in [1.807, 2.05) is 62.3 Å². The molecule has 17 unspecified atom stereocenters. The van der Waals surface area contributed by atoms with Gasteiger partial charge < -0.3 is 42.6 Å². The zero-order valence-electron chi connectivity index (χ0n) is 50.6. The van der Waals surface area contributed by atoms with E-state index in [0.29, 0.717) is 73.1 Å². The monoisotopic (exact) mass is 1220 g/mol. The minimum atomic E-state index is -0.467. The van der Waals surface area contributed by atoms with Crippen LogP contribution in [0.25, 0.3) is 0 Å². The molecule has 0 aliphatic heterocycles. The van der Waals surface area contributed by atoms with Crippen molar-refractivity contribution < 1.29 is 71.4 Å². The number of hydrogen-bond donors (Lipinski definition) is 0. The lowest BCUT2D eigenvalue weighted by Gasteiger charge is -2.41. The van der Waals surface area contributed by atoms with E-state index in [0.717, 1.165) is 83.0 Å². The summed E-state index contributed by atoms with van der Waals surface area (Å²) in [6.45, 7) is 19.7. The molecule has 0 aromatic carbocycles. The van der Waals surface area contributed by atoms with Gasteiger partial charge in [-0.25, -0.2) is 0 Å². The summed E-state index contributed by atoms with van der Waals surface area (Å²) in [4.78, 5) is 74.6. The van der Waals surface area contributed by atoms with E-state index in [9.17, 15) is 28.8 Å². The third-order valence-corrected chi connectivity index (χ3v) is 22.1. The molecule has 0 spiro atoms. The molecule has 17 atom stereocenters. The van der Waals surface area contributed by atoms with E-state index in [1.165, 1.54) is 70.6 Å². The van der Waals surface area contributed by atoms with Crippen LogP contribution >= 0.6 is 0 Å². The first-order valence-electron chi connectivity index (χ1n) is 32.2. The molecule has 0 aromatic heterocycles. The average molecular weight is 1220 g/mol. The molecule has 86 heavy (non-hydrogen) atoms. The van der Waals surface area contributed by atoms with Gasteiger partial charge in [0, 0.05) is 18.4 Å². The maximum atomic E-state index is 12.6. The molecule has 10 aliphatic rings. The van der Waals surface area contributed by atoms with Crippen LogP contribution in [0, 0.1) is 106 Å². The summed E-state index contributed by atoms with van der Waals surface area (Å²) in [6, 6.07) is 0. The van der Waals surface area contributed by atoms with E-state index in [1.54, 1.807) is 0 Å². The number of fused-ring (bicyclic) bond motifs is 13. The molecule has 8 bridgehead atoms. The first-order valence-corrected chi connectivity index (χ1v) is 32.2. The van der Waals surface area contributed by atoms with Crippen molar-refractivity contribution in [3.8, 4) is 0 Å². The SMILES string of the molecule is C.C.C.C.C.C.CCC(C)(C)C(=O)OC1CC2CC(C(=O)OCOCC3CCCCC3)C1C2.CCC(C)C(=O)OC1CC2CC(C(=O)OCOCC3CCCCC3)C1C2.CCOCOC(=O)C1CC2CC1C1C3CC(CC3OC(=O)C(C)(C)CC)C21. The molecule has 0 radical (unpaired) electrons. The smallest absolute Gasteiger partial charge is 0.311 e.